The average Bonchev–Trinajstić information content (AvgIpc) is 2.81. The summed E-state index contributed by atoms with van der Waals surface area (Å²) in [6.07, 6.45) is 3.30. The minimum atomic E-state index is -3.60. The first-order valence-corrected chi connectivity index (χ1v) is 8.08. The number of aromatic amines is 1. The van der Waals surface area contributed by atoms with E-state index in [1.54, 1.807) is 42.6 Å². The van der Waals surface area contributed by atoms with Gasteiger partial charge in [-0.05, 0) is 40.8 Å². The molecule has 2 aromatic heterocycles. The summed E-state index contributed by atoms with van der Waals surface area (Å²) in [4.78, 5) is 7.28. The zero-order chi connectivity index (χ0) is 13.5. The first-order chi connectivity index (χ1) is 9.10. The predicted octanol–water partition coefficient (Wildman–Crippen LogP) is 3.00. The maximum atomic E-state index is 12.6. The summed E-state index contributed by atoms with van der Waals surface area (Å²) < 4.78 is 26.1. The van der Waals surface area contributed by atoms with E-state index in [0.717, 1.165) is 8.96 Å². The Morgan fingerprint density at radius 3 is 2.58 bits per heavy atom. The number of fused-ring (bicyclic) bond motifs is 1. The largest absolute Gasteiger partial charge is 0.358 e. The quantitative estimate of drug-likeness (QED) is 0.691. The van der Waals surface area contributed by atoms with Crippen LogP contribution >= 0.6 is 22.6 Å². The summed E-state index contributed by atoms with van der Waals surface area (Å²) in [5.74, 6) is 0. The number of H-pyrrole nitrogens is 1. The lowest BCUT2D eigenvalue weighted by Crippen LogP contribution is -2.05. The van der Waals surface area contributed by atoms with E-state index < -0.39 is 9.84 Å². The van der Waals surface area contributed by atoms with Gasteiger partial charge in [-0.2, -0.15) is 0 Å². The SMILES string of the molecule is O=S(=O)(c1ccccc1)c1nccc2c(I)c[nH]c12. The molecule has 0 aliphatic heterocycles. The highest BCUT2D eigenvalue weighted by Crippen LogP contribution is 2.27. The number of rotatable bonds is 2. The van der Waals surface area contributed by atoms with Gasteiger partial charge in [-0.1, -0.05) is 18.2 Å². The summed E-state index contributed by atoms with van der Waals surface area (Å²) in [6, 6.07) is 10.1. The van der Waals surface area contributed by atoms with Crippen molar-refractivity contribution >= 4 is 43.3 Å². The Kier molecular flexibility index (Phi) is 3.06. The number of pyridine rings is 1. The van der Waals surface area contributed by atoms with Crippen LogP contribution in [0, 0.1) is 3.57 Å². The van der Waals surface area contributed by atoms with Crippen LogP contribution in [-0.2, 0) is 9.84 Å². The molecule has 3 aromatic rings. The summed E-state index contributed by atoms with van der Waals surface area (Å²) >= 11 is 2.16. The molecule has 19 heavy (non-hydrogen) atoms. The van der Waals surface area contributed by atoms with Crippen LogP contribution in [0.3, 0.4) is 0 Å². The van der Waals surface area contributed by atoms with E-state index in [9.17, 15) is 8.42 Å². The molecule has 4 nitrogen and oxygen atoms in total. The van der Waals surface area contributed by atoms with E-state index in [-0.39, 0.29) is 9.92 Å². The van der Waals surface area contributed by atoms with E-state index in [1.165, 1.54) is 6.20 Å². The number of hydrogen-bond donors (Lipinski definition) is 1. The highest BCUT2D eigenvalue weighted by molar-refractivity contribution is 14.1. The number of aromatic nitrogens is 2. The zero-order valence-electron chi connectivity index (χ0n) is 9.67. The van der Waals surface area contributed by atoms with Crippen molar-refractivity contribution in [1.29, 1.82) is 0 Å². The van der Waals surface area contributed by atoms with Crippen molar-refractivity contribution in [2.45, 2.75) is 9.92 Å². The van der Waals surface area contributed by atoms with Crippen LogP contribution < -0.4 is 0 Å². The lowest BCUT2D eigenvalue weighted by molar-refractivity contribution is 0.593. The topological polar surface area (TPSA) is 62.8 Å². The Morgan fingerprint density at radius 1 is 1.11 bits per heavy atom. The second kappa shape index (κ2) is 4.61. The van der Waals surface area contributed by atoms with Crippen molar-refractivity contribution in [2.24, 2.45) is 0 Å². The fourth-order valence-electron chi connectivity index (χ4n) is 1.91. The molecule has 2 heterocycles. The standard InChI is InChI=1S/C13H9IN2O2S/c14-11-8-16-12-10(11)6-7-15-13(12)19(17,18)9-4-2-1-3-5-9/h1-8,16H. The molecule has 0 amide bonds. The molecular weight excluding hydrogens is 375 g/mol. The minimum Gasteiger partial charge on any atom is -0.358 e. The molecule has 0 fully saturated rings. The average molecular weight is 384 g/mol. The van der Waals surface area contributed by atoms with Gasteiger partial charge in [0.1, 0.15) is 0 Å². The molecule has 96 valence electrons. The molecule has 1 N–H and O–H groups in total. The van der Waals surface area contributed by atoms with Gasteiger partial charge in [0.05, 0.1) is 10.4 Å². The highest BCUT2D eigenvalue weighted by Gasteiger charge is 2.22. The van der Waals surface area contributed by atoms with E-state index in [1.807, 2.05) is 0 Å². The first kappa shape index (κ1) is 12.6. The fourth-order valence-corrected chi connectivity index (χ4v) is 3.89. The first-order valence-electron chi connectivity index (χ1n) is 5.52. The fraction of sp³-hybridized carbons (Fsp3) is 0. The number of sulfone groups is 1. The third-order valence-electron chi connectivity index (χ3n) is 2.82. The van der Waals surface area contributed by atoms with Crippen molar-refractivity contribution in [3.05, 3.63) is 52.4 Å². The van der Waals surface area contributed by atoms with Crippen LogP contribution in [0.1, 0.15) is 0 Å². The Hall–Kier alpha value is -1.41. The van der Waals surface area contributed by atoms with E-state index in [2.05, 4.69) is 32.6 Å². The molecule has 0 saturated carbocycles. The van der Waals surface area contributed by atoms with Crippen LogP contribution in [0.15, 0.2) is 58.7 Å². The molecule has 3 rings (SSSR count). The van der Waals surface area contributed by atoms with Crippen LogP contribution in [0.4, 0.5) is 0 Å². The molecular formula is C13H9IN2O2S. The number of benzene rings is 1. The molecule has 0 radical (unpaired) electrons. The summed E-state index contributed by atoms with van der Waals surface area (Å²) in [6.45, 7) is 0. The van der Waals surface area contributed by atoms with Crippen molar-refractivity contribution in [3.63, 3.8) is 0 Å². The minimum absolute atomic E-state index is 0.0686. The van der Waals surface area contributed by atoms with Gasteiger partial charge in [0, 0.05) is 21.4 Å². The number of halogens is 1. The normalized spacial score (nSPS) is 11.8. The van der Waals surface area contributed by atoms with Gasteiger partial charge in [0.2, 0.25) is 9.84 Å². The van der Waals surface area contributed by atoms with E-state index in [0.29, 0.717) is 5.52 Å². The van der Waals surface area contributed by atoms with Gasteiger partial charge in [-0.25, -0.2) is 13.4 Å². The van der Waals surface area contributed by atoms with Crippen LogP contribution in [0.25, 0.3) is 10.9 Å². The Bertz CT molecular complexity index is 841. The van der Waals surface area contributed by atoms with Crippen molar-refractivity contribution in [1.82, 2.24) is 9.97 Å². The third kappa shape index (κ3) is 2.04. The number of hydrogen-bond acceptors (Lipinski definition) is 3. The van der Waals surface area contributed by atoms with Crippen LogP contribution in [0.5, 0.6) is 0 Å². The second-order valence-electron chi connectivity index (χ2n) is 3.99. The number of nitrogens with one attached hydrogen (secondary N) is 1. The van der Waals surface area contributed by atoms with Gasteiger partial charge >= 0.3 is 0 Å². The lowest BCUT2D eigenvalue weighted by atomic mass is 10.3. The van der Waals surface area contributed by atoms with Crippen LogP contribution in [0.2, 0.25) is 0 Å². The van der Waals surface area contributed by atoms with Gasteiger partial charge in [-0.3, -0.25) is 0 Å². The number of nitrogens with zero attached hydrogens (tertiary/aromatic N) is 1. The Labute approximate surface area is 123 Å². The Balaban J connectivity index is 2.31. The molecule has 0 unspecified atom stereocenters. The molecule has 6 heteroatoms. The molecule has 0 aliphatic rings. The predicted molar refractivity (Wildman–Crippen MR) is 80.7 cm³/mol. The summed E-state index contributed by atoms with van der Waals surface area (Å²) in [5, 5.41) is 0.934. The molecule has 0 atom stereocenters. The smallest absolute Gasteiger partial charge is 0.225 e. The molecule has 0 aliphatic carbocycles. The van der Waals surface area contributed by atoms with E-state index in [4.69, 9.17) is 0 Å². The van der Waals surface area contributed by atoms with Crippen molar-refractivity contribution in [3.8, 4) is 0 Å². The Morgan fingerprint density at radius 2 is 1.84 bits per heavy atom. The lowest BCUT2D eigenvalue weighted by Gasteiger charge is -2.04. The third-order valence-corrected chi connectivity index (χ3v) is 5.43. The van der Waals surface area contributed by atoms with Gasteiger partial charge in [0.25, 0.3) is 0 Å². The van der Waals surface area contributed by atoms with Gasteiger partial charge in [0.15, 0.2) is 5.03 Å². The molecule has 0 saturated heterocycles. The zero-order valence-corrected chi connectivity index (χ0v) is 12.6. The second-order valence-corrected chi connectivity index (χ2v) is 7.02. The monoisotopic (exact) mass is 384 g/mol. The maximum absolute atomic E-state index is 12.6. The van der Waals surface area contributed by atoms with E-state index >= 15 is 0 Å². The maximum Gasteiger partial charge on any atom is 0.225 e. The van der Waals surface area contributed by atoms with Gasteiger partial charge < -0.3 is 4.98 Å². The highest BCUT2D eigenvalue weighted by atomic mass is 127. The molecule has 0 bridgehead atoms. The molecule has 0 spiro atoms. The van der Waals surface area contributed by atoms with Crippen LogP contribution in [-0.4, -0.2) is 18.4 Å². The molecule has 1 aromatic carbocycles. The summed E-state index contributed by atoms with van der Waals surface area (Å²) in [5.41, 5.74) is 0.552. The van der Waals surface area contributed by atoms with Crippen molar-refractivity contribution < 1.29 is 8.42 Å². The van der Waals surface area contributed by atoms with Crippen molar-refractivity contribution in [2.75, 3.05) is 0 Å². The summed E-state index contributed by atoms with van der Waals surface area (Å²) in [7, 11) is -3.60. The van der Waals surface area contributed by atoms with Gasteiger partial charge in [-0.15, -0.1) is 0 Å².